The second-order valence-electron chi connectivity index (χ2n) is 8.89. The number of benzene rings is 2. The number of carbonyl (C=O) groups is 1. The van der Waals surface area contributed by atoms with Crippen LogP contribution in [0.25, 0.3) is 21.9 Å². The number of hydrogen-bond acceptors (Lipinski definition) is 2. The number of carboxylic acid groups (broad SMARTS) is 1. The molecule has 2 atom stereocenters. The van der Waals surface area contributed by atoms with Gasteiger partial charge in [-0.2, -0.15) is 0 Å². The van der Waals surface area contributed by atoms with Gasteiger partial charge in [0.2, 0.25) is 0 Å². The van der Waals surface area contributed by atoms with Crippen LogP contribution in [0.3, 0.4) is 0 Å². The number of carboxylic acids is 1. The molecule has 1 aliphatic carbocycles. The fourth-order valence-corrected chi connectivity index (χ4v) is 5.14. The highest BCUT2D eigenvalue weighted by Crippen LogP contribution is 2.43. The number of hydrogen-bond donors (Lipinski definition) is 2. The zero-order chi connectivity index (χ0) is 21.9. The first-order valence-corrected chi connectivity index (χ1v) is 10.9. The third kappa shape index (κ3) is 3.09. The molecule has 1 saturated carbocycles. The highest BCUT2D eigenvalue weighted by molar-refractivity contribution is 5.87. The van der Waals surface area contributed by atoms with E-state index in [9.17, 15) is 14.7 Å². The molecule has 1 aliphatic rings. The Bertz CT molecular complexity index is 1370. The molecular weight excluding hydrogens is 390 g/mol. The Balaban J connectivity index is 1.76. The van der Waals surface area contributed by atoms with Gasteiger partial charge in [0.1, 0.15) is 0 Å². The van der Waals surface area contributed by atoms with E-state index >= 15 is 0 Å². The molecule has 0 amide bonds. The van der Waals surface area contributed by atoms with Crippen molar-refractivity contribution in [1.29, 1.82) is 0 Å². The molecular formula is C25H27N3O3. The first-order valence-electron chi connectivity index (χ1n) is 10.9. The van der Waals surface area contributed by atoms with Gasteiger partial charge in [-0.1, -0.05) is 24.3 Å². The van der Waals surface area contributed by atoms with Crippen LogP contribution < -0.4 is 5.69 Å². The number of imidazole rings is 1. The Morgan fingerprint density at radius 1 is 1.13 bits per heavy atom. The zero-order valence-corrected chi connectivity index (χ0v) is 18.1. The van der Waals surface area contributed by atoms with Gasteiger partial charge in [-0.05, 0) is 62.8 Å². The van der Waals surface area contributed by atoms with Gasteiger partial charge >= 0.3 is 11.7 Å². The van der Waals surface area contributed by atoms with E-state index in [-0.39, 0.29) is 30.1 Å². The summed E-state index contributed by atoms with van der Waals surface area (Å²) in [6, 6.07) is 11.6. The molecule has 4 aromatic rings. The van der Waals surface area contributed by atoms with Crippen LogP contribution in [0.1, 0.15) is 55.0 Å². The molecule has 2 unspecified atom stereocenters. The molecule has 0 aliphatic heterocycles. The van der Waals surface area contributed by atoms with Gasteiger partial charge in [-0.25, -0.2) is 4.79 Å². The maximum absolute atomic E-state index is 13.9. The van der Waals surface area contributed by atoms with Crippen LogP contribution in [0.2, 0.25) is 0 Å². The van der Waals surface area contributed by atoms with Gasteiger partial charge in [0.05, 0.1) is 29.5 Å². The van der Waals surface area contributed by atoms with E-state index in [0.717, 1.165) is 51.5 Å². The van der Waals surface area contributed by atoms with E-state index < -0.39 is 5.97 Å². The molecule has 2 N–H and O–H groups in total. The van der Waals surface area contributed by atoms with Crippen molar-refractivity contribution in [3.05, 3.63) is 69.8 Å². The lowest BCUT2D eigenvalue weighted by molar-refractivity contribution is -0.138. The molecule has 0 saturated heterocycles. The lowest BCUT2D eigenvalue weighted by atomic mass is 10.0. The second-order valence-corrected chi connectivity index (χ2v) is 8.89. The topological polar surface area (TPSA) is 80.0 Å². The highest BCUT2D eigenvalue weighted by atomic mass is 16.4. The third-order valence-electron chi connectivity index (χ3n) is 6.79. The number of aliphatic carboxylic acids is 1. The first kappa shape index (κ1) is 19.7. The standard InChI is InChI=1S/C25H27N3O3/c1-14-6-4-8-19-23(14)18(13-26-19)16(3)27-20-9-5-7-15(2)24(20)28(25(27)31)21(12-22(29)30)17-10-11-17/h4-9,13,16-17,21,26H,10-12H2,1-3H3,(H,29,30). The molecule has 6 nitrogen and oxygen atoms in total. The van der Waals surface area contributed by atoms with Gasteiger partial charge in [-0.15, -0.1) is 0 Å². The van der Waals surface area contributed by atoms with Crippen LogP contribution in [0.5, 0.6) is 0 Å². The van der Waals surface area contributed by atoms with Crippen LogP contribution in [-0.4, -0.2) is 25.2 Å². The Morgan fingerprint density at radius 2 is 1.84 bits per heavy atom. The van der Waals surface area contributed by atoms with Gasteiger partial charge < -0.3 is 10.1 Å². The van der Waals surface area contributed by atoms with Crippen molar-refractivity contribution in [2.24, 2.45) is 5.92 Å². The van der Waals surface area contributed by atoms with Crippen LogP contribution in [0.4, 0.5) is 0 Å². The van der Waals surface area contributed by atoms with Crippen molar-refractivity contribution in [3.63, 3.8) is 0 Å². The smallest absolute Gasteiger partial charge is 0.329 e. The number of nitrogens with one attached hydrogen (secondary N) is 1. The first-order chi connectivity index (χ1) is 14.9. The third-order valence-corrected chi connectivity index (χ3v) is 6.79. The van der Waals surface area contributed by atoms with Crippen molar-refractivity contribution < 1.29 is 9.90 Å². The Labute approximate surface area is 180 Å². The molecule has 2 aromatic carbocycles. The summed E-state index contributed by atoms with van der Waals surface area (Å²) in [6.07, 6.45) is 3.90. The van der Waals surface area contributed by atoms with E-state index in [1.54, 1.807) is 4.57 Å². The summed E-state index contributed by atoms with van der Waals surface area (Å²) in [7, 11) is 0. The summed E-state index contributed by atoms with van der Waals surface area (Å²) in [4.78, 5) is 28.9. The molecule has 2 heterocycles. The zero-order valence-electron chi connectivity index (χ0n) is 18.1. The summed E-state index contributed by atoms with van der Waals surface area (Å²) >= 11 is 0. The van der Waals surface area contributed by atoms with Crippen molar-refractivity contribution in [3.8, 4) is 0 Å². The van der Waals surface area contributed by atoms with Crippen LogP contribution in [0.15, 0.2) is 47.4 Å². The van der Waals surface area contributed by atoms with Gasteiger partial charge in [-0.3, -0.25) is 13.9 Å². The molecule has 2 aromatic heterocycles. The van der Waals surface area contributed by atoms with E-state index in [0.29, 0.717) is 0 Å². The number of aromatic amines is 1. The summed E-state index contributed by atoms with van der Waals surface area (Å²) < 4.78 is 3.61. The minimum atomic E-state index is -0.862. The number of fused-ring (bicyclic) bond motifs is 2. The molecule has 0 bridgehead atoms. The van der Waals surface area contributed by atoms with Crippen molar-refractivity contribution in [2.75, 3.05) is 0 Å². The molecule has 31 heavy (non-hydrogen) atoms. The molecule has 0 radical (unpaired) electrons. The van der Waals surface area contributed by atoms with Gasteiger partial charge in [0.15, 0.2) is 0 Å². The summed E-state index contributed by atoms with van der Waals surface area (Å²) in [5.74, 6) is -0.614. The summed E-state index contributed by atoms with van der Waals surface area (Å²) in [5, 5.41) is 10.7. The highest BCUT2D eigenvalue weighted by Gasteiger charge is 2.37. The molecule has 5 rings (SSSR count). The second kappa shape index (κ2) is 7.15. The lowest BCUT2D eigenvalue weighted by Crippen LogP contribution is -2.31. The number of H-pyrrole nitrogens is 1. The Hall–Kier alpha value is -3.28. The van der Waals surface area contributed by atoms with E-state index in [1.165, 1.54) is 0 Å². The quantitative estimate of drug-likeness (QED) is 0.466. The van der Waals surface area contributed by atoms with Crippen molar-refractivity contribution in [1.82, 2.24) is 14.1 Å². The molecule has 0 spiro atoms. The fraction of sp³-hybridized carbons (Fsp3) is 0.360. The number of para-hydroxylation sites is 1. The van der Waals surface area contributed by atoms with Crippen LogP contribution in [-0.2, 0) is 4.79 Å². The Morgan fingerprint density at radius 3 is 2.55 bits per heavy atom. The average molecular weight is 418 g/mol. The molecule has 160 valence electrons. The number of aromatic nitrogens is 3. The lowest BCUT2D eigenvalue weighted by Gasteiger charge is -2.17. The monoisotopic (exact) mass is 417 g/mol. The van der Waals surface area contributed by atoms with Crippen molar-refractivity contribution in [2.45, 2.75) is 52.1 Å². The normalized spacial score (nSPS) is 16.1. The Kier molecular flexibility index (Phi) is 4.54. The van der Waals surface area contributed by atoms with Crippen molar-refractivity contribution >= 4 is 27.9 Å². The predicted molar refractivity (Wildman–Crippen MR) is 122 cm³/mol. The molecule has 6 heteroatoms. The molecule has 1 fully saturated rings. The number of rotatable bonds is 6. The number of nitrogens with zero attached hydrogens (tertiary/aromatic N) is 2. The van der Waals surface area contributed by atoms with E-state index in [4.69, 9.17) is 0 Å². The minimum Gasteiger partial charge on any atom is -0.481 e. The van der Waals surface area contributed by atoms with Crippen LogP contribution in [0, 0.1) is 19.8 Å². The van der Waals surface area contributed by atoms with E-state index in [1.807, 2.05) is 54.9 Å². The number of aryl methyl sites for hydroxylation is 2. The van der Waals surface area contributed by atoms with Gasteiger partial charge in [0.25, 0.3) is 0 Å². The maximum atomic E-state index is 13.9. The van der Waals surface area contributed by atoms with Gasteiger partial charge in [0, 0.05) is 22.7 Å². The average Bonchev–Trinajstić information content (AvgIpc) is 3.39. The SMILES string of the molecule is Cc1cccc2[nH]cc(C(C)n3c(=O)n(C(CC(=O)O)C4CC4)c4c(C)cccc43)c12. The van der Waals surface area contributed by atoms with Crippen LogP contribution >= 0.6 is 0 Å². The summed E-state index contributed by atoms with van der Waals surface area (Å²) in [6.45, 7) is 6.12. The summed E-state index contributed by atoms with van der Waals surface area (Å²) in [5.41, 5.74) is 5.86. The van der Waals surface area contributed by atoms with E-state index in [2.05, 4.69) is 18.0 Å². The maximum Gasteiger partial charge on any atom is 0.329 e. The predicted octanol–water partition coefficient (Wildman–Crippen LogP) is 4.94. The minimum absolute atomic E-state index is 0.0292. The largest absolute Gasteiger partial charge is 0.481 e. The fourth-order valence-electron chi connectivity index (χ4n) is 5.14.